The van der Waals surface area contributed by atoms with Crippen molar-refractivity contribution in [3.8, 4) is 0 Å². The molecule has 2 heterocycles. The van der Waals surface area contributed by atoms with E-state index in [9.17, 15) is 14.6 Å². The number of halogens is 3. The molecule has 0 unspecified atom stereocenters. The van der Waals surface area contributed by atoms with Crippen molar-refractivity contribution in [2.75, 3.05) is 19.6 Å². The monoisotopic (exact) mass is 426 g/mol. The van der Waals surface area contributed by atoms with E-state index in [0.29, 0.717) is 23.9 Å². The smallest absolute Gasteiger partial charge is 0.124 e. The average molecular weight is 427 g/mol. The van der Waals surface area contributed by atoms with E-state index in [0.717, 1.165) is 42.8 Å². The molecule has 0 spiro atoms. The standard InChI is InChI=1S/C21H24ClFN2O2.ClH/c22-18-10-15(23)3-4-16(18)17-5-7-25(12-20(17)27)11-13-8-14-2-1-6-24-21(14)19(26)9-13;/h1-4,6,10,13,17,19-20,26-27H,5,7-9,11-12H2;1H/t13-,17-,19+,20+;/m1./s1. The molecule has 0 saturated carbocycles. The molecule has 4 nitrogen and oxygen atoms in total. The Morgan fingerprint density at radius 1 is 1.25 bits per heavy atom. The fraction of sp³-hybridized carbons (Fsp3) is 0.476. The number of likely N-dealkylation sites (tertiary alicyclic amines) is 1. The number of β-amino-alcohol motifs (C(OH)–C–C–N with tert-alkyl or cyclic N) is 1. The normalized spacial score (nSPS) is 27.7. The zero-order valence-electron chi connectivity index (χ0n) is 15.5. The lowest BCUT2D eigenvalue weighted by Gasteiger charge is -2.39. The zero-order valence-corrected chi connectivity index (χ0v) is 17.0. The van der Waals surface area contributed by atoms with Crippen molar-refractivity contribution >= 4 is 24.0 Å². The fourth-order valence-electron chi connectivity index (χ4n) is 4.58. The molecule has 0 radical (unpaired) electrons. The number of benzene rings is 1. The lowest BCUT2D eigenvalue weighted by molar-refractivity contribution is 0.0351. The third kappa shape index (κ3) is 4.50. The Hall–Kier alpha value is -1.24. The van der Waals surface area contributed by atoms with Crippen molar-refractivity contribution in [1.29, 1.82) is 0 Å². The van der Waals surface area contributed by atoms with Crippen LogP contribution in [0.2, 0.25) is 5.02 Å². The van der Waals surface area contributed by atoms with Crippen LogP contribution in [0.5, 0.6) is 0 Å². The van der Waals surface area contributed by atoms with Crippen LogP contribution in [-0.2, 0) is 6.42 Å². The molecule has 2 aliphatic rings. The topological polar surface area (TPSA) is 56.6 Å². The van der Waals surface area contributed by atoms with Gasteiger partial charge in [0.1, 0.15) is 5.82 Å². The Labute approximate surface area is 175 Å². The Morgan fingerprint density at radius 3 is 2.82 bits per heavy atom. The van der Waals surface area contributed by atoms with Crippen LogP contribution in [0.3, 0.4) is 0 Å². The Balaban J connectivity index is 0.00000225. The molecular formula is C21H25Cl2FN2O2. The first-order chi connectivity index (χ1) is 13.0. The van der Waals surface area contributed by atoms with E-state index in [1.165, 1.54) is 12.1 Å². The van der Waals surface area contributed by atoms with E-state index in [4.69, 9.17) is 11.6 Å². The fourth-order valence-corrected chi connectivity index (χ4v) is 4.88. The largest absolute Gasteiger partial charge is 0.391 e. The van der Waals surface area contributed by atoms with E-state index >= 15 is 0 Å². The van der Waals surface area contributed by atoms with Crippen molar-refractivity contribution in [2.24, 2.45) is 5.92 Å². The molecule has 1 aromatic heterocycles. The molecule has 0 bridgehead atoms. The molecule has 1 fully saturated rings. The van der Waals surface area contributed by atoms with Gasteiger partial charge in [-0.3, -0.25) is 4.98 Å². The van der Waals surface area contributed by atoms with Gasteiger partial charge in [0.05, 0.1) is 17.9 Å². The molecule has 1 aliphatic carbocycles. The summed E-state index contributed by atoms with van der Waals surface area (Å²) in [6.07, 6.45) is 3.05. The number of aliphatic hydroxyl groups excluding tert-OH is 2. The van der Waals surface area contributed by atoms with E-state index in [1.807, 2.05) is 12.1 Å². The van der Waals surface area contributed by atoms with Gasteiger partial charge in [-0.25, -0.2) is 4.39 Å². The summed E-state index contributed by atoms with van der Waals surface area (Å²) >= 11 is 6.19. The number of fused-ring (bicyclic) bond motifs is 1. The summed E-state index contributed by atoms with van der Waals surface area (Å²) in [7, 11) is 0. The first-order valence-corrected chi connectivity index (χ1v) is 9.86. The lowest BCUT2D eigenvalue weighted by Crippen LogP contribution is -2.45. The van der Waals surface area contributed by atoms with Crippen molar-refractivity contribution in [2.45, 2.75) is 37.4 Å². The van der Waals surface area contributed by atoms with Crippen LogP contribution in [0.4, 0.5) is 4.39 Å². The molecule has 152 valence electrons. The molecule has 28 heavy (non-hydrogen) atoms. The molecule has 2 aromatic rings. The van der Waals surface area contributed by atoms with Gasteiger partial charge in [0, 0.05) is 30.2 Å². The third-order valence-corrected chi connectivity index (χ3v) is 6.18. The average Bonchev–Trinajstić information content (AvgIpc) is 2.63. The highest BCUT2D eigenvalue weighted by Crippen LogP contribution is 2.36. The van der Waals surface area contributed by atoms with E-state index in [-0.39, 0.29) is 24.1 Å². The summed E-state index contributed by atoms with van der Waals surface area (Å²) in [5.74, 6) is -0.0904. The number of nitrogens with zero attached hydrogens (tertiary/aromatic N) is 2. The molecular weight excluding hydrogens is 402 g/mol. The van der Waals surface area contributed by atoms with Gasteiger partial charge in [0.15, 0.2) is 0 Å². The second-order valence-corrected chi connectivity index (χ2v) is 8.16. The number of rotatable bonds is 3. The van der Waals surface area contributed by atoms with Gasteiger partial charge >= 0.3 is 0 Å². The van der Waals surface area contributed by atoms with Gasteiger partial charge in [-0.15, -0.1) is 12.4 Å². The minimum Gasteiger partial charge on any atom is -0.391 e. The predicted octanol–water partition coefficient (Wildman–Crippen LogP) is 3.74. The number of aromatic nitrogens is 1. The van der Waals surface area contributed by atoms with E-state index < -0.39 is 12.2 Å². The van der Waals surface area contributed by atoms with Gasteiger partial charge in [-0.1, -0.05) is 23.7 Å². The van der Waals surface area contributed by atoms with Crippen LogP contribution in [-0.4, -0.2) is 45.8 Å². The molecule has 4 rings (SSSR count). The summed E-state index contributed by atoms with van der Waals surface area (Å²) in [4.78, 5) is 6.57. The summed E-state index contributed by atoms with van der Waals surface area (Å²) in [6.45, 7) is 2.25. The molecule has 0 amide bonds. The number of piperidine rings is 1. The van der Waals surface area contributed by atoms with Gasteiger partial charge in [0.2, 0.25) is 0 Å². The van der Waals surface area contributed by atoms with Crippen molar-refractivity contribution < 1.29 is 14.6 Å². The summed E-state index contributed by atoms with van der Waals surface area (Å²) in [6, 6.07) is 8.34. The molecule has 7 heteroatoms. The van der Waals surface area contributed by atoms with Crippen molar-refractivity contribution in [3.05, 3.63) is 64.2 Å². The highest BCUT2D eigenvalue weighted by atomic mass is 35.5. The van der Waals surface area contributed by atoms with Crippen LogP contribution in [0, 0.1) is 11.7 Å². The Kier molecular flexibility index (Phi) is 6.94. The van der Waals surface area contributed by atoms with Crippen LogP contribution in [0.15, 0.2) is 36.5 Å². The maximum atomic E-state index is 13.3. The highest BCUT2D eigenvalue weighted by molar-refractivity contribution is 6.31. The van der Waals surface area contributed by atoms with Crippen LogP contribution < -0.4 is 0 Å². The van der Waals surface area contributed by atoms with Crippen LogP contribution in [0.25, 0.3) is 0 Å². The van der Waals surface area contributed by atoms with Gasteiger partial charge in [-0.2, -0.15) is 0 Å². The number of pyridine rings is 1. The maximum Gasteiger partial charge on any atom is 0.124 e. The summed E-state index contributed by atoms with van der Waals surface area (Å²) in [5, 5.41) is 21.4. The first kappa shape index (κ1) is 21.5. The molecule has 2 N–H and O–H groups in total. The van der Waals surface area contributed by atoms with Crippen molar-refractivity contribution in [3.63, 3.8) is 0 Å². The predicted molar refractivity (Wildman–Crippen MR) is 109 cm³/mol. The molecule has 4 atom stereocenters. The minimum absolute atomic E-state index is 0. The quantitative estimate of drug-likeness (QED) is 0.784. The molecule has 1 aliphatic heterocycles. The maximum absolute atomic E-state index is 13.3. The van der Waals surface area contributed by atoms with Gasteiger partial charge in [0.25, 0.3) is 0 Å². The second kappa shape index (κ2) is 9.06. The van der Waals surface area contributed by atoms with Gasteiger partial charge in [-0.05, 0) is 61.1 Å². The first-order valence-electron chi connectivity index (χ1n) is 9.48. The van der Waals surface area contributed by atoms with E-state index in [2.05, 4.69) is 9.88 Å². The Morgan fingerprint density at radius 2 is 2.07 bits per heavy atom. The van der Waals surface area contributed by atoms with Crippen LogP contribution in [0.1, 0.15) is 41.7 Å². The third-order valence-electron chi connectivity index (χ3n) is 5.85. The highest BCUT2D eigenvalue weighted by Gasteiger charge is 2.33. The SMILES string of the molecule is Cl.O[C@H]1C[C@H](CN2CC[C@H](c3ccc(F)cc3Cl)[C@@H](O)C2)Cc2cccnc21. The summed E-state index contributed by atoms with van der Waals surface area (Å²) < 4.78 is 13.3. The minimum atomic E-state index is -0.538. The Bertz CT molecular complexity index is 823. The van der Waals surface area contributed by atoms with Crippen LogP contribution >= 0.6 is 24.0 Å². The molecule has 1 aromatic carbocycles. The number of aliphatic hydroxyl groups is 2. The molecule has 1 saturated heterocycles. The van der Waals surface area contributed by atoms with E-state index in [1.54, 1.807) is 12.3 Å². The number of hydrogen-bond donors (Lipinski definition) is 2. The lowest BCUT2D eigenvalue weighted by atomic mass is 9.83. The number of hydrogen-bond acceptors (Lipinski definition) is 4. The zero-order chi connectivity index (χ0) is 19.0. The summed E-state index contributed by atoms with van der Waals surface area (Å²) in [5.41, 5.74) is 2.74. The van der Waals surface area contributed by atoms with Gasteiger partial charge < -0.3 is 15.1 Å². The second-order valence-electron chi connectivity index (χ2n) is 7.76. The van der Waals surface area contributed by atoms with Crippen molar-refractivity contribution in [1.82, 2.24) is 9.88 Å².